The van der Waals surface area contributed by atoms with E-state index in [0.717, 1.165) is 17.1 Å². The van der Waals surface area contributed by atoms with E-state index in [9.17, 15) is 5.11 Å². The van der Waals surface area contributed by atoms with Gasteiger partial charge in [-0.15, -0.1) is 0 Å². The quantitative estimate of drug-likeness (QED) is 0.760. The van der Waals surface area contributed by atoms with Crippen molar-refractivity contribution in [3.63, 3.8) is 0 Å². The molecule has 2 N–H and O–H groups in total. The molecule has 4 heteroatoms. The molecule has 1 unspecified atom stereocenters. The third-order valence-corrected chi connectivity index (χ3v) is 4.11. The summed E-state index contributed by atoms with van der Waals surface area (Å²) in [6, 6.07) is 15.8. The van der Waals surface area contributed by atoms with Crippen LogP contribution < -0.4 is 5.32 Å². The van der Waals surface area contributed by atoms with E-state index in [-0.39, 0.29) is 0 Å². The Hall–Kier alpha value is -2.07. The lowest BCUT2D eigenvalue weighted by Gasteiger charge is -2.12. The summed E-state index contributed by atoms with van der Waals surface area (Å²) in [4.78, 5) is 4.58. The summed E-state index contributed by atoms with van der Waals surface area (Å²) in [5.74, 6) is 0.306. The van der Waals surface area contributed by atoms with Gasteiger partial charge in [0.1, 0.15) is 5.75 Å². The summed E-state index contributed by atoms with van der Waals surface area (Å²) in [7, 11) is 0. The van der Waals surface area contributed by atoms with Gasteiger partial charge in [0, 0.05) is 6.04 Å². The molecule has 102 valence electrons. The maximum atomic E-state index is 9.28. The van der Waals surface area contributed by atoms with Gasteiger partial charge in [-0.1, -0.05) is 35.6 Å². The molecule has 0 aliphatic carbocycles. The highest BCUT2D eigenvalue weighted by atomic mass is 32.1. The number of phenols is 1. The van der Waals surface area contributed by atoms with Crippen LogP contribution in [0.2, 0.25) is 0 Å². The second-order valence-corrected chi connectivity index (χ2v) is 5.93. The van der Waals surface area contributed by atoms with Crippen molar-refractivity contribution in [3.05, 3.63) is 54.1 Å². The van der Waals surface area contributed by atoms with E-state index in [1.165, 1.54) is 10.3 Å². The van der Waals surface area contributed by atoms with Crippen LogP contribution in [0.15, 0.2) is 48.5 Å². The third-order valence-electron chi connectivity index (χ3n) is 3.14. The number of fused-ring (bicyclic) bond motifs is 1. The van der Waals surface area contributed by atoms with E-state index < -0.39 is 0 Å². The van der Waals surface area contributed by atoms with E-state index in [1.807, 2.05) is 30.3 Å². The van der Waals surface area contributed by atoms with Crippen molar-refractivity contribution in [2.24, 2.45) is 0 Å². The molecular formula is C16H16N2OS. The third kappa shape index (κ3) is 2.91. The van der Waals surface area contributed by atoms with Gasteiger partial charge < -0.3 is 10.4 Å². The minimum absolute atomic E-state index is 0.292. The Morgan fingerprint density at radius 1 is 1.15 bits per heavy atom. The van der Waals surface area contributed by atoms with Gasteiger partial charge >= 0.3 is 0 Å². The summed E-state index contributed by atoms with van der Waals surface area (Å²) in [5.41, 5.74) is 2.24. The van der Waals surface area contributed by atoms with Crippen LogP contribution in [0, 0.1) is 0 Å². The number of para-hydroxylation sites is 1. The molecule has 0 aliphatic heterocycles. The molecular weight excluding hydrogens is 268 g/mol. The predicted molar refractivity (Wildman–Crippen MR) is 84.5 cm³/mol. The number of benzene rings is 2. The molecule has 0 aliphatic rings. The number of aromatic hydroxyl groups is 1. The molecule has 1 heterocycles. The van der Waals surface area contributed by atoms with Crippen molar-refractivity contribution in [2.45, 2.75) is 19.4 Å². The fraction of sp³-hybridized carbons (Fsp3) is 0.188. The number of aromatic nitrogens is 1. The first-order valence-electron chi connectivity index (χ1n) is 6.61. The van der Waals surface area contributed by atoms with Crippen molar-refractivity contribution in [1.29, 1.82) is 0 Å². The highest BCUT2D eigenvalue weighted by Crippen LogP contribution is 2.26. The molecule has 2 aromatic carbocycles. The lowest BCUT2D eigenvalue weighted by molar-refractivity contribution is 0.475. The first-order chi connectivity index (χ1) is 9.70. The molecule has 1 aromatic heterocycles. The SMILES string of the molecule is CC(Cc1ccc(O)cc1)Nc1nc2ccccc2s1. The molecule has 0 radical (unpaired) electrons. The van der Waals surface area contributed by atoms with Gasteiger partial charge in [0.15, 0.2) is 5.13 Å². The molecule has 20 heavy (non-hydrogen) atoms. The predicted octanol–water partition coefficient (Wildman–Crippen LogP) is 4.05. The molecule has 0 spiro atoms. The highest BCUT2D eigenvalue weighted by Gasteiger charge is 2.07. The van der Waals surface area contributed by atoms with Crippen molar-refractivity contribution in [1.82, 2.24) is 4.98 Å². The second-order valence-electron chi connectivity index (χ2n) is 4.90. The maximum Gasteiger partial charge on any atom is 0.184 e. The van der Waals surface area contributed by atoms with Crippen LogP contribution >= 0.6 is 11.3 Å². The molecule has 0 fully saturated rings. The van der Waals surface area contributed by atoms with Crippen LogP contribution in [0.5, 0.6) is 5.75 Å². The first-order valence-corrected chi connectivity index (χ1v) is 7.42. The summed E-state index contributed by atoms with van der Waals surface area (Å²) in [5, 5.41) is 13.7. The Kier molecular flexibility index (Phi) is 3.56. The minimum Gasteiger partial charge on any atom is -0.508 e. The Morgan fingerprint density at radius 3 is 2.65 bits per heavy atom. The molecule has 3 nitrogen and oxygen atoms in total. The number of phenolic OH excluding ortho intramolecular Hbond substituents is 1. The number of thiazole rings is 1. The van der Waals surface area contributed by atoms with E-state index in [0.29, 0.717) is 11.8 Å². The topological polar surface area (TPSA) is 45.1 Å². The Bertz CT molecular complexity index is 673. The largest absolute Gasteiger partial charge is 0.508 e. The van der Waals surface area contributed by atoms with Gasteiger partial charge in [0.2, 0.25) is 0 Å². The average molecular weight is 284 g/mol. The second kappa shape index (κ2) is 5.51. The average Bonchev–Trinajstić information content (AvgIpc) is 2.83. The summed E-state index contributed by atoms with van der Waals surface area (Å²) < 4.78 is 1.20. The monoisotopic (exact) mass is 284 g/mol. The van der Waals surface area contributed by atoms with E-state index in [2.05, 4.69) is 23.3 Å². The zero-order valence-electron chi connectivity index (χ0n) is 11.2. The van der Waals surface area contributed by atoms with Gasteiger partial charge in [-0.2, -0.15) is 0 Å². The summed E-state index contributed by atoms with van der Waals surface area (Å²) in [6.45, 7) is 2.14. The van der Waals surface area contributed by atoms with Crippen LogP contribution in [0.1, 0.15) is 12.5 Å². The summed E-state index contributed by atoms with van der Waals surface area (Å²) in [6.07, 6.45) is 0.899. The van der Waals surface area contributed by atoms with E-state index >= 15 is 0 Å². The number of hydrogen-bond acceptors (Lipinski definition) is 4. The van der Waals surface area contributed by atoms with Gasteiger partial charge in [0.05, 0.1) is 10.2 Å². The lowest BCUT2D eigenvalue weighted by Crippen LogP contribution is -2.17. The normalized spacial score (nSPS) is 12.4. The molecule has 0 bridgehead atoms. The zero-order valence-corrected chi connectivity index (χ0v) is 12.0. The van der Waals surface area contributed by atoms with Gasteiger partial charge in [-0.3, -0.25) is 0 Å². The smallest absolute Gasteiger partial charge is 0.184 e. The zero-order chi connectivity index (χ0) is 13.9. The van der Waals surface area contributed by atoms with Gasteiger partial charge in [0.25, 0.3) is 0 Å². The lowest BCUT2D eigenvalue weighted by atomic mass is 10.1. The first kappa shape index (κ1) is 12.9. The Balaban J connectivity index is 1.69. The van der Waals surface area contributed by atoms with Crippen molar-refractivity contribution in [2.75, 3.05) is 5.32 Å². The van der Waals surface area contributed by atoms with Crippen molar-refractivity contribution >= 4 is 26.7 Å². The summed E-state index contributed by atoms with van der Waals surface area (Å²) >= 11 is 1.68. The number of anilines is 1. The molecule has 0 saturated heterocycles. The molecule has 1 atom stereocenters. The number of hydrogen-bond donors (Lipinski definition) is 2. The molecule has 0 amide bonds. The van der Waals surface area contributed by atoms with Crippen LogP contribution in [-0.2, 0) is 6.42 Å². The van der Waals surface area contributed by atoms with E-state index in [1.54, 1.807) is 23.5 Å². The van der Waals surface area contributed by atoms with Crippen LogP contribution in [-0.4, -0.2) is 16.1 Å². The number of rotatable bonds is 4. The Morgan fingerprint density at radius 2 is 1.90 bits per heavy atom. The molecule has 3 aromatic rings. The van der Waals surface area contributed by atoms with Crippen LogP contribution in [0.4, 0.5) is 5.13 Å². The highest BCUT2D eigenvalue weighted by molar-refractivity contribution is 7.22. The van der Waals surface area contributed by atoms with Crippen molar-refractivity contribution in [3.8, 4) is 5.75 Å². The fourth-order valence-corrected chi connectivity index (χ4v) is 3.16. The molecule has 3 rings (SSSR count). The van der Waals surface area contributed by atoms with E-state index in [4.69, 9.17) is 0 Å². The number of nitrogens with one attached hydrogen (secondary N) is 1. The minimum atomic E-state index is 0.292. The van der Waals surface area contributed by atoms with Crippen LogP contribution in [0.25, 0.3) is 10.2 Å². The van der Waals surface area contributed by atoms with Crippen LogP contribution in [0.3, 0.4) is 0 Å². The standard InChI is InChI=1S/C16H16N2OS/c1-11(10-12-6-8-13(19)9-7-12)17-16-18-14-4-2-3-5-15(14)20-16/h2-9,11,19H,10H2,1H3,(H,17,18). The van der Waals surface area contributed by atoms with Gasteiger partial charge in [-0.05, 0) is 43.2 Å². The fourth-order valence-electron chi connectivity index (χ4n) is 2.18. The Labute approximate surface area is 121 Å². The maximum absolute atomic E-state index is 9.28. The number of nitrogens with zero attached hydrogens (tertiary/aromatic N) is 1. The molecule has 0 saturated carbocycles. The van der Waals surface area contributed by atoms with Crippen molar-refractivity contribution < 1.29 is 5.11 Å². The van der Waals surface area contributed by atoms with Gasteiger partial charge in [-0.25, -0.2) is 4.98 Å².